The lowest BCUT2D eigenvalue weighted by Gasteiger charge is -2.59. The van der Waals surface area contributed by atoms with Crippen LogP contribution in [0.3, 0.4) is 0 Å². The first kappa shape index (κ1) is 22.8. The van der Waals surface area contributed by atoms with Gasteiger partial charge in [0.1, 0.15) is 5.82 Å². The number of rotatable bonds is 6. The number of aryl methyl sites for hydroxylation is 2. The van der Waals surface area contributed by atoms with Crippen molar-refractivity contribution in [1.29, 1.82) is 0 Å². The molecule has 1 amide bonds. The molecule has 0 aliphatic carbocycles. The van der Waals surface area contributed by atoms with Crippen LogP contribution in [-0.2, 0) is 0 Å². The van der Waals surface area contributed by atoms with Gasteiger partial charge in [-0.1, -0.05) is 0 Å². The fraction of sp³-hybridized carbons (Fsp3) is 0.385. The molecule has 8 heterocycles. The molecular weight excluding hydrogens is 482 g/mol. The SMILES string of the molecule is Cc1cc(Nc2cc(C)[nH]n2)nc(N2CC(N3CC4CC(C3)N4C(=O)c3ccc(-n4cccn4)nc3)C2)n1. The summed E-state index contributed by atoms with van der Waals surface area (Å²) in [7, 11) is 0. The minimum absolute atomic E-state index is 0.0703. The largest absolute Gasteiger partial charge is 0.337 e. The Bertz CT molecular complexity index is 1450. The van der Waals surface area contributed by atoms with Crippen molar-refractivity contribution < 1.29 is 4.79 Å². The van der Waals surface area contributed by atoms with Crippen molar-refractivity contribution in [3.05, 3.63) is 65.9 Å². The molecule has 38 heavy (non-hydrogen) atoms. The second kappa shape index (κ2) is 8.91. The molecule has 2 N–H and O–H groups in total. The van der Waals surface area contributed by atoms with E-state index in [1.165, 1.54) is 0 Å². The Morgan fingerprint density at radius 3 is 2.55 bits per heavy atom. The topological polar surface area (TPSA) is 124 Å². The van der Waals surface area contributed by atoms with Crippen LogP contribution in [0.2, 0.25) is 0 Å². The van der Waals surface area contributed by atoms with E-state index < -0.39 is 0 Å². The second-order valence-corrected chi connectivity index (χ2v) is 10.4. The third kappa shape index (κ3) is 4.06. The van der Waals surface area contributed by atoms with Crippen molar-refractivity contribution in [3.8, 4) is 5.82 Å². The Labute approximate surface area is 219 Å². The molecule has 0 spiro atoms. The summed E-state index contributed by atoms with van der Waals surface area (Å²) < 4.78 is 1.69. The number of nitrogens with zero attached hydrogens (tertiary/aromatic N) is 9. The van der Waals surface area contributed by atoms with E-state index >= 15 is 0 Å². The van der Waals surface area contributed by atoms with Gasteiger partial charge < -0.3 is 15.1 Å². The van der Waals surface area contributed by atoms with E-state index in [2.05, 4.69) is 45.3 Å². The smallest absolute Gasteiger partial charge is 0.256 e. The van der Waals surface area contributed by atoms with Gasteiger partial charge in [-0.15, -0.1) is 0 Å². The van der Waals surface area contributed by atoms with Gasteiger partial charge >= 0.3 is 0 Å². The van der Waals surface area contributed by atoms with Gasteiger partial charge in [-0.25, -0.2) is 14.6 Å². The van der Waals surface area contributed by atoms with Crippen molar-refractivity contribution in [2.45, 2.75) is 38.4 Å². The summed E-state index contributed by atoms with van der Waals surface area (Å²) in [5.41, 5.74) is 2.53. The number of carbonyl (C=O) groups is 1. The molecule has 2 atom stereocenters. The number of carbonyl (C=O) groups excluding carboxylic acids is 1. The molecule has 12 heteroatoms. The van der Waals surface area contributed by atoms with Gasteiger partial charge in [0.15, 0.2) is 11.6 Å². The van der Waals surface area contributed by atoms with Gasteiger partial charge in [-0.3, -0.25) is 14.8 Å². The number of hydrogen-bond acceptors (Lipinski definition) is 9. The number of piperazine rings is 1. The van der Waals surface area contributed by atoms with Gasteiger partial charge in [0.05, 0.1) is 5.56 Å². The third-order valence-electron chi connectivity index (χ3n) is 7.66. The third-order valence-corrected chi connectivity index (χ3v) is 7.66. The summed E-state index contributed by atoms with van der Waals surface area (Å²) in [5.74, 6) is 2.99. The minimum atomic E-state index is 0.0703. The zero-order valence-electron chi connectivity index (χ0n) is 21.3. The highest BCUT2D eigenvalue weighted by Crippen LogP contribution is 2.36. The fourth-order valence-corrected chi connectivity index (χ4v) is 5.69. The summed E-state index contributed by atoms with van der Waals surface area (Å²) >= 11 is 0. The van der Waals surface area contributed by atoms with E-state index in [-0.39, 0.29) is 18.0 Å². The molecule has 4 saturated heterocycles. The minimum Gasteiger partial charge on any atom is -0.337 e. The fourth-order valence-electron chi connectivity index (χ4n) is 5.69. The highest BCUT2D eigenvalue weighted by Gasteiger charge is 2.50. The van der Waals surface area contributed by atoms with Crippen LogP contribution in [0.1, 0.15) is 28.2 Å². The molecule has 4 aromatic rings. The van der Waals surface area contributed by atoms with Crippen LogP contribution in [-0.4, -0.2) is 94.9 Å². The number of aromatic amines is 1. The van der Waals surface area contributed by atoms with Crippen LogP contribution in [0, 0.1) is 13.8 Å². The maximum absolute atomic E-state index is 13.2. The van der Waals surface area contributed by atoms with Crippen LogP contribution >= 0.6 is 0 Å². The zero-order chi connectivity index (χ0) is 25.8. The lowest BCUT2D eigenvalue weighted by Crippen LogP contribution is -2.74. The number of nitrogens with one attached hydrogen (secondary N) is 2. The first-order valence-electron chi connectivity index (χ1n) is 12.9. The maximum Gasteiger partial charge on any atom is 0.256 e. The predicted molar refractivity (Wildman–Crippen MR) is 141 cm³/mol. The highest BCUT2D eigenvalue weighted by molar-refractivity contribution is 5.95. The molecule has 4 fully saturated rings. The lowest BCUT2D eigenvalue weighted by molar-refractivity contribution is -0.0638. The van der Waals surface area contributed by atoms with E-state index in [9.17, 15) is 4.79 Å². The Hall–Kier alpha value is -4.32. The van der Waals surface area contributed by atoms with Gasteiger partial charge in [0.2, 0.25) is 5.95 Å². The van der Waals surface area contributed by atoms with Crippen LogP contribution < -0.4 is 10.2 Å². The summed E-state index contributed by atoms with van der Waals surface area (Å²) in [6, 6.07) is 10.4. The molecule has 0 radical (unpaired) electrons. The van der Waals surface area contributed by atoms with E-state index in [1.54, 1.807) is 17.1 Å². The quantitative estimate of drug-likeness (QED) is 0.400. The Kier molecular flexibility index (Phi) is 5.36. The van der Waals surface area contributed by atoms with E-state index in [4.69, 9.17) is 4.98 Å². The van der Waals surface area contributed by atoms with Gasteiger partial charge in [0.25, 0.3) is 5.91 Å². The molecule has 4 aliphatic rings. The average molecular weight is 512 g/mol. The van der Waals surface area contributed by atoms with Gasteiger partial charge in [-0.05, 0) is 38.5 Å². The number of amides is 1. The summed E-state index contributed by atoms with van der Waals surface area (Å²) in [6.07, 6.45) is 6.27. The molecule has 2 unspecified atom stereocenters. The average Bonchev–Trinajstić information content (AvgIpc) is 3.55. The monoisotopic (exact) mass is 511 g/mol. The molecule has 4 aromatic heterocycles. The number of hydrogen-bond donors (Lipinski definition) is 2. The predicted octanol–water partition coefficient (Wildman–Crippen LogP) is 1.93. The van der Waals surface area contributed by atoms with Crippen molar-refractivity contribution >= 4 is 23.5 Å². The Morgan fingerprint density at radius 1 is 1.03 bits per heavy atom. The zero-order valence-corrected chi connectivity index (χ0v) is 21.3. The molecule has 12 nitrogen and oxygen atoms in total. The Balaban J connectivity index is 0.955. The van der Waals surface area contributed by atoms with E-state index in [0.29, 0.717) is 17.4 Å². The number of aromatic nitrogens is 7. The normalized spacial score (nSPS) is 21.2. The van der Waals surface area contributed by atoms with Crippen molar-refractivity contribution in [2.75, 3.05) is 36.4 Å². The van der Waals surface area contributed by atoms with E-state index in [0.717, 1.165) is 61.6 Å². The molecule has 194 valence electrons. The molecule has 2 bridgehead atoms. The number of H-pyrrole nitrogens is 1. The van der Waals surface area contributed by atoms with Crippen LogP contribution in [0.4, 0.5) is 17.6 Å². The second-order valence-electron chi connectivity index (χ2n) is 10.4. The number of fused-ring (bicyclic) bond motifs is 2. The molecular formula is C26H29N11O. The molecule has 8 rings (SSSR count). The van der Waals surface area contributed by atoms with Crippen molar-refractivity contribution in [3.63, 3.8) is 0 Å². The summed E-state index contributed by atoms with van der Waals surface area (Å²) in [6.45, 7) is 7.52. The summed E-state index contributed by atoms with van der Waals surface area (Å²) in [5, 5.41) is 14.6. The lowest BCUT2D eigenvalue weighted by atomic mass is 9.85. The van der Waals surface area contributed by atoms with Crippen molar-refractivity contribution in [1.82, 2.24) is 44.7 Å². The van der Waals surface area contributed by atoms with Crippen LogP contribution in [0.5, 0.6) is 0 Å². The Morgan fingerprint density at radius 2 is 1.87 bits per heavy atom. The highest BCUT2D eigenvalue weighted by atomic mass is 16.2. The van der Waals surface area contributed by atoms with Gasteiger partial charge in [0, 0.05) is 86.4 Å². The number of pyridine rings is 1. The molecule has 4 aliphatic heterocycles. The van der Waals surface area contributed by atoms with Crippen LogP contribution in [0.25, 0.3) is 5.82 Å². The van der Waals surface area contributed by atoms with Crippen molar-refractivity contribution in [2.24, 2.45) is 0 Å². The number of anilines is 3. The van der Waals surface area contributed by atoms with E-state index in [1.807, 2.05) is 50.4 Å². The summed E-state index contributed by atoms with van der Waals surface area (Å²) in [4.78, 5) is 33.9. The first-order valence-corrected chi connectivity index (χ1v) is 12.9. The first-order chi connectivity index (χ1) is 18.5. The van der Waals surface area contributed by atoms with Gasteiger partial charge in [-0.2, -0.15) is 15.2 Å². The number of piperidine rings is 1. The maximum atomic E-state index is 13.2. The molecule has 0 saturated carbocycles. The van der Waals surface area contributed by atoms with Crippen LogP contribution in [0.15, 0.2) is 48.9 Å². The molecule has 0 aromatic carbocycles. The standard InChI is InChI=1S/C26H29N11O/c1-16-8-22(30-23-9-17(2)32-33-23)31-26(29-16)35-14-21(15-35)34-12-19-10-20(13-34)37(19)25(38)18-4-5-24(27-11-18)36-7-3-6-28-36/h3-9,11,19-21H,10,12-15H2,1-2H3,(H2,29,30,31,32,33).